The summed E-state index contributed by atoms with van der Waals surface area (Å²) in [6, 6.07) is 3.45. The first-order valence-corrected chi connectivity index (χ1v) is 6.80. The summed E-state index contributed by atoms with van der Waals surface area (Å²) in [4.78, 5) is 23.9. The van der Waals surface area contributed by atoms with Gasteiger partial charge in [-0.2, -0.15) is 4.79 Å². The number of rotatable bonds is 4. The molecular weight excluding hydrogens is 262 g/mol. The Morgan fingerprint density at radius 1 is 1.35 bits per heavy atom. The lowest BCUT2D eigenvalue weighted by Gasteiger charge is -2.30. The van der Waals surface area contributed by atoms with Crippen molar-refractivity contribution in [3.8, 4) is 0 Å². The third-order valence-electron chi connectivity index (χ3n) is 3.67. The Morgan fingerprint density at radius 2 is 2.10 bits per heavy atom. The molecule has 0 aliphatic heterocycles. The van der Waals surface area contributed by atoms with Crippen LogP contribution in [0.3, 0.4) is 0 Å². The van der Waals surface area contributed by atoms with Gasteiger partial charge in [-0.05, 0) is 25.0 Å². The van der Waals surface area contributed by atoms with Gasteiger partial charge in [0.2, 0.25) is 5.54 Å². The van der Waals surface area contributed by atoms with E-state index in [1.807, 2.05) is 0 Å². The Kier molecular flexibility index (Phi) is 4.79. The van der Waals surface area contributed by atoms with Gasteiger partial charge < -0.3 is 13.9 Å². The Balaban J connectivity index is 1.93. The predicted molar refractivity (Wildman–Crippen MR) is 68.7 cm³/mol. The number of hydrogen-bond donors (Lipinski definition) is 1. The van der Waals surface area contributed by atoms with Crippen molar-refractivity contribution in [2.24, 2.45) is 0 Å². The van der Waals surface area contributed by atoms with Crippen molar-refractivity contribution in [1.29, 1.82) is 0 Å². The molecule has 2 N–H and O–H groups in total. The molecule has 1 aromatic rings. The molecule has 110 valence electrons. The topological polar surface area (TPSA) is 82.3 Å². The molecule has 0 bridgehead atoms. The van der Waals surface area contributed by atoms with Crippen LogP contribution in [0, 0.1) is 0 Å². The molecule has 0 saturated heterocycles. The number of carbonyl (C=O) groups excluding carboxylic acids is 2. The van der Waals surface area contributed by atoms with Crippen LogP contribution in [0.5, 0.6) is 0 Å². The molecule has 1 aliphatic carbocycles. The molecule has 0 radical (unpaired) electrons. The SMILES string of the molecule is COC(=O)C1([NH2+]C(=O)OCc2ccco2)CCCCC1. The summed E-state index contributed by atoms with van der Waals surface area (Å²) >= 11 is 0. The standard InChI is InChI=1S/C14H19NO5/c1-18-12(16)14(7-3-2-4-8-14)15-13(17)20-10-11-6-5-9-19-11/h5-6,9H,2-4,7-8,10H2,1H3,(H,15,17)/p+1. The lowest BCUT2D eigenvalue weighted by Crippen LogP contribution is -3.02. The second-order valence-electron chi connectivity index (χ2n) is 5.04. The van der Waals surface area contributed by atoms with Gasteiger partial charge in [0.1, 0.15) is 5.76 Å². The number of nitrogens with two attached hydrogens (primary N) is 1. The van der Waals surface area contributed by atoms with Gasteiger partial charge in [0, 0.05) is 12.8 Å². The third kappa shape index (κ3) is 3.39. The van der Waals surface area contributed by atoms with Crippen molar-refractivity contribution in [2.75, 3.05) is 7.11 Å². The summed E-state index contributed by atoms with van der Waals surface area (Å²) in [6.07, 6.45) is 5.19. The molecule has 2 rings (SSSR count). The maximum Gasteiger partial charge on any atom is 0.514 e. The van der Waals surface area contributed by atoms with Gasteiger partial charge in [0.15, 0.2) is 6.61 Å². The van der Waals surface area contributed by atoms with E-state index in [1.165, 1.54) is 18.7 Å². The molecular formula is C14H20NO5+. The van der Waals surface area contributed by atoms with E-state index in [1.54, 1.807) is 12.1 Å². The van der Waals surface area contributed by atoms with Gasteiger partial charge in [0.25, 0.3) is 0 Å². The van der Waals surface area contributed by atoms with Gasteiger partial charge in [-0.1, -0.05) is 6.42 Å². The maximum absolute atomic E-state index is 12.0. The normalized spacial score (nSPS) is 17.4. The summed E-state index contributed by atoms with van der Waals surface area (Å²) in [7, 11) is 1.35. The number of furan rings is 1. The van der Waals surface area contributed by atoms with Crippen LogP contribution in [-0.4, -0.2) is 24.7 Å². The predicted octanol–water partition coefficient (Wildman–Crippen LogP) is 1.36. The Hall–Kier alpha value is -1.82. The average molecular weight is 282 g/mol. The largest absolute Gasteiger partial charge is 0.514 e. The zero-order chi connectivity index (χ0) is 14.4. The fraction of sp³-hybridized carbons (Fsp3) is 0.571. The van der Waals surface area contributed by atoms with Crippen molar-refractivity contribution in [3.05, 3.63) is 24.2 Å². The van der Waals surface area contributed by atoms with E-state index in [0.29, 0.717) is 18.6 Å². The molecule has 20 heavy (non-hydrogen) atoms. The Labute approximate surface area is 117 Å². The quantitative estimate of drug-likeness (QED) is 0.843. The minimum Gasteiger partial charge on any atom is -0.466 e. The molecule has 1 fully saturated rings. The summed E-state index contributed by atoms with van der Waals surface area (Å²) in [6.45, 7) is 0.0690. The lowest BCUT2D eigenvalue weighted by atomic mass is 9.82. The highest BCUT2D eigenvalue weighted by atomic mass is 16.6. The van der Waals surface area contributed by atoms with E-state index in [4.69, 9.17) is 13.9 Å². The van der Waals surface area contributed by atoms with E-state index in [2.05, 4.69) is 0 Å². The maximum atomic E-state index is 12.0. The van der Waals surface area contributed by atoms with Crippen molar-refractivity contribution in [2.45, 2.75) is 44.2 Å². The number of primary amides is 1. The molecule has 1 saturated carbocycles. The van der Waals surface area contributed by atoms with Gasteiger partial charge >= 0.3 is 12.1 Å². The molecule has 0 unspecified atom stereocenters. The molecule has 1 aliphatic rings. The Bertz CT molecular complexity index is 448. The number of ether oxygens (including phenoxy) is 2. The fourth-order valence-corrected chi connectivity index (χ4v) is 2.60. The monoisotopic (exact) mass is 282 g/mol. The van der Waals surface area contributed by atoms with Crippen LogP contribution in [0.2, 0.25) is 0 Å². The molecule has 1 amide bonds. The van der Waals surface area contributed by atoms with E-state index in [-0.39, 0.29) is 12.6 Å². The van der Waals surface area contributed by atoms with Crippen molar-refractivity contribution < 1.29 is 28.8 Å². The molecule has 1 aromatic heterocycles. The van der Waals surface area contributed by atoms with E-state index >= 15 is 0 Å². The number of esters is 1. The number of carbonyl (C=O) groups is 2. The third-order valence-corrected chi connectivity index (χ3v) is 3.67. The van der Waals surface area contributed by atoms with Crippen molar-refractivity contribution in [1.82, 2.24) is 0 Å². The summed E-state index contributed by atoms with van der Waals surface area (Å²) in [5, 5.41) is 1.38. The smallest absolute Gasteiger partial charge is 0.466 e. The number of quaternary nitrogens is 1. The zero-order valence-electron chi connectivity index (χ0n) is 11.6. The van der Waals surface area contributed by atoms with Crippen molar-refractivity contribution in [3.63, 3.8) is 0 Å². The second kappa shape index (κ2) is 6.56. The minimum absolute atomic E-state index is 0.0690. The molecule has 1 heterocycles. The fourth-order valence-electron chi connectivity index (χ4n) is 2.60. The van der Waals surface area contributed by atoms with E-state index < -0.39 is 11.6 Å². The molecule has 0 spiro atoms. The molecule has 6 heteroatoms. The molecule has 0 aromatic carbocycles. The molecule has 0 atom stereocenters. The number of methoxy groups -OCH3 is 1. The molecule has 6 nitrogen and oxygen atoms in total. The van der Waals surface area contributed by atoms with Crippen LogP contribution < -0.4 is 5.32 Å². The van der Waals surface area contributed by atoms with Crippen LogP contribution in [0.4, 0.5) is 4.79 Å². The van der Waals surface area contributed by atoms with E-state index in [9.17, 15) is 9.59 Å². The van der Waals surface area contributed by atoms with E-state index in [0.717, 1.165) is 19.3 Å². The second-order valence-corrected chi connectivity index (χ2v) is 5.04. The van der Waals surface area contributed by atoms with Gasteiger partial charge in [-0.15, -0.1) is 0 Å². The Morgan fingerprint density at radius 3 is 2.70 bits per heavy atom. The van der Waals surface area contributed by atoms with Crippen LogP contribution in [0.15, 0.2) is 22.8 Å². The zero-order valence-corrected chi connectivity index (χ0v) is 11.6. The van der Waals surface area contributed by atoms with Crippen LogP contribution in [-0.2, 0) is 20.9 Å². The minimum atomic E-state index is -0.826. The highest BCUT2D eigenvalue weighted by Gasteiger charge is 2.47. The summed E-state index contributed by atoms with van der Waals surface area (Å²) in [5.41, 5.74) is -0.826. The van der Waals surface area contributed by atoms with Gasteiger partial charge in [-0.25, -0.2) is 10.1 Å². The van der Waals surface area contributed by atoms with Crippen LogP contribution >= 0.6 is 0 Å². The lowest BCUT2D eigenvalue weighted by molar-refractivity contribution is -0.641. The summed E-state index contributed by atoms with van der Waals surface area (Å²) in [5.74, 6) is 0.217. The number of hydrogen-bond acceptors (Lipinski definition) is 5. The first-order chi connectivity index (χ1) is 9.66. The summed E-state index contributed by atoms with van der Waals surface area (Å²) < 4.78 is 15.0. The first kappa shape index (κ1) is 14.6. The van der Waals surface area contributed by atoms with Crippen LogP contribution in [0.25, 0.3) is 0 Å². The highest BCUT2D eigenvalue weighted by molar-refractivity contribution is 5.80. The first-order valence-electron chi connectivity index (χ1n) is 6.80. The van der Waals surface area contributed by atoms with Gasteiger partial charge in [0.05, 0.1) is 13.4 Å². The van der Waals surface area contributed by atoms with Gasteiger partial charge in [-0.3, -0.25) is 0 Å². The average Bonchev–Trinajstić information content (AvgIpc) is 2.98. The van der Waals surface area contributed by atoms with Crippen molar-refractivity contribution >= 4 is 12.1 Å². The van der Waals surface area contributed by atoms with Crippen LogP contribution in [0.1, 0.15) is 37.9 Å². The highest BCUT2D eigenvalue weighted by Crippen LogP contribution is 2.26. The number of amides is 1.